The Hall–Kier alpha value is -0.560. The van der Waals surface area contributed by atoms with Gasteiger partial charge in [-0.15, -0.1) is 11.8 Å². The van der Waals surface area contributed by atoms with Crippen LogP contribution in [0.5, 0.6) is 0 Å². The van der Waals surface area contributed by atoms with Gasteiger partial charge in [-0.3, -0.25) is 0 Å². The molecule has 0 aromatic heterocycles. The lowest BCUT2D eigenvalue weighted by Crippen LogP contribution is -2.12. The highest BCUT2D eigenvalue weighted by atomic mass is 32.2. The number of aliphatic hydroxyl groups is 1. The van der Waals surface area contributed by atoms with Gasteiger partial charge in [-0.25, -0.2) is 8.42 Å². The van der Waals surface area contributed by atoms with E-state index in [0.717, 1.165) is 0 Å². The number of aliphatic hydroxyl groups excluding tert-OH is 1. The van der Waals surface area contributed by atoms with Crippen molar-refractivity contribution in [2.24, 2.45) is 5.73 Å². The number of hydrogen-bond donors (Lipinski definition) is 2. The maximum absolute atomic E-state index is 11.5. The summed E-state index contributed by atoms with van der Waals surface area (Å²) in [6.07, 6.45) is 2.21. The van der Waals surface area contributed by atoms with E-state index in [1.54, 1.807) is 18.4 Å². The molecule has 0 aliphatic rings. The molecule has 0 saturated heterocycles. The molecule has 0 spiro atoms. The zero-order chi connectivity index (χ0) is 12.3. The highest BCUT2D eigenvalue weighted by Gasteiger charge is 2.15. The van der Waals surface area contributed by atoms with Crippen LogP contribution in [0.3, 0.4) is 0 Å². The number of hydrogen-bond acceptors (Lipinski definition) is 5. The average molecular weight is 261 g/mol. The molecular formula is C10H15NO3S2. The van der Waals surface area contributed by atoms with Crippen molar-refractivity contribution in [3.63, 3.8) is 0 Å². The van der Waals surface area contributed by atoms with Crippen LogP contribution in [0.2, 0.25) is 0 Å². The van der Waals surface area contributed by atoms with Crippen LogP contribution in [0.1, 0.15) is 11.7 Å². The molecule has 16 heavy (non-hydrogen) atoms. The van der Waals surface area contributed by atoms with Crippen molar-refractivity contribution < 1.29 is 13.5 Å². The molecule has 0 heterocycles. The van der Waals surface area contributed by atoms with Crippen LogP contribution in [0.25, 0.3) is 0 Å². The largest absolute Gasteiger partial charge is 0.387 e. The van der Waals surface area contributed by atoms with Crippen molar-refractivity contribution in [2.75, 3.05) is 19.1 Å². The van der Waals surface area contributed by atoms with E-state index in [0.29, 0.717) is 10.5 Å². The average Bonchev–Trinajstić information content (AvgIpc) is 2.25. The number of sulfone groups is 1. The van der Waals surface area contributed by atoms with Gasteiger partial charge in [-0.05, 0) is 24.0 Å². The zero-order valence-corrected chi connectivity index (χ0v) is 10.8. The maximum Gasteiger partial charge on any atom is 0.176 e. The quantitative estimate of drug-likeness (QED) is 0.784. The summed E-state index contributed by atoms with van der Waals surface area (Å²) >= 11 is 1.33. The Morgan fingerprint density at radius 3 is 2.56 bits per heavy atom. The van der Waals surface area contributed by atoms with E-state index < -0.39 is 15.9 Å². The van der Waals surface area contributed by atoms with Gasteiger partial charge >= 0.3 is 0 Å². The molecule has 0 aliphatic heterocycles. The third-order valence-corrected chi connectivity index (χ3v) is 4.26. The second-order valence-electron chi connectivity index (χ2n) is 3.43. The summed E-state index contributed by atoms with van der Waals surface area (Å²) in [5.41, 5.74) is 5.98. The predicted molar refractivity (Wildman–Crippen MR) is 65.3 cm³/mol. The van der Waals surface area contributed by atoms with Crippen molar-refractivity contribution in [2.45, 2.75) is 15.9 Å². The Morgan fingerprint density at radius 1 is 1.50 bits per heavy atom. The van der Waals surface area contributed by atoms with Crippen molar-refractivity contribution >= 4 is 21.6 Å². The Morgan fingerprint density at radius 2 is 2.12 bits per heavy atom. The SMILES string of the molecule is CSc1cc(C(O)CN)ccc1S(C)(=O)=O. The molecule has 1 rings (SSSR count). The summed E-state index contributed by atoms with van der Waals surface area (Å²) in [7, 11) is -3.23. The van der Waals surface area contributed by atoms with Crippen LogP contribution in [-0.4, -0.2) is 32.6 Å². The molecular weight excluding hydrogens is 246 g/mol. The summed E-state index contributed by atoms with van der Waals surface area (Å²) in [4.78, 5) is 0.917. The van der Waals surface area contributed by atoms with Crippen LogP contribution < -0.4 is 5.73 Å². The van der Waals surface area contributed by atoms with Crippen LogP contribution in [-0.2, 0) is 9.84 Å². The Labute approximate surface area is 99.8 Å². The van der Waals surface area contributed by atoms with Gasteiger partial charge in [0, 0.05) is 17.7 Å². The Kier molecular flexibility index (Phi) is 4.37. The maximum atomic E-state index is 11.5. The van der Waals surface area contributed by atoms with E-state index in [-0.39, 0.29) is 11.4 Å². The number of rotatable bonds is 4. The van der Waals surface area contributed by atoms with Crippen LogP contribution in [0, 0.1) is 0 Å². The minimum atomic E-state index is -3.23. The lowest BCUT2D eigenvalue weighted by Gasteiger charge is -2.11. The van der Waals surface area contributed by atoms with Gasteiger partial charge in [0.05, 0.1) is 11.0 Å². The van der Waals surface area contributed by atoms with Gasteiger partial charge in [-0.1, -0.05) is 6.07 Å². The van der Waals surface area contributed by atoms with Crippen LogP contribution >= 0.6 is 11.8 Å². The smallest absolute Gasteiger partial charge is 0.176 e. The summed E-state index contributed by atoms with van der Waals surface area (Å²) in [6, 6.07) is 4.77. The number of nitrogens with two attached hydrogens (primary N) is 1. The van der Waals surface area contributed by atoms with Gasteiger partial charge in [0.2, 0.25) is 0 Å². The fourth-order valence-corrected chi connectivity index (χ4v) is 3.30. The minimum absolute atomic E-state index is 0.117. The number of benzene rings is 1. The molecule has 3 N–H and O–H groups in total. The van der Waals surface area contributed by atoms with Gasteiger partial charge in [-0.2, -0.15) is 0 Å². The van der Waals surface area contributed by atoms with Crippen molar-refractivity contribution in [1.29, 1.82) is 0 Å². The molecule has 1 unspecified atom stereocenters. The molecule has 90 valence electrons. The molecule has 0 amide bonds. The first-order valence-electron chi connectivity index (χ1n) is 4.66. The summed E-state index contributed by atoms with van der Waals surface area (Å²) < 4.78 is 22.9. The number of thioether (sulfide) groups is 1. The van der Waals surface area contributed by atoms with E-state index in [4.69, 9.17) is 5.73 Å². The molecule has 0 radical (unpaired) electrons. The van der Waals surface area contributed by atoms with Crippen LogP contribution in [0.4, 0.5) is 0 Å². The molecule has 0 fully saturated rings. The highest BCUT2D eigenvalue weighted by Crippen LogP contribution is 2.27. The highest BCUT2D eigenvalue weighted by molar-refractivity contribution is 7.99. The molecule has 1 aromatic rings. The predicted octanol–water partition coefficient (Wildman–Crippen LogP) is 0.804. The van der Waals surface area contributed by atoms with Crippen molar-refractivity contribution in [1.82, 2.24) is 0 Å². The molecule has 0 saturated carbocycles. The fraction of sp³-hybridized carbons (Fsp3) is 0.400. The van der Waals surface area contributed by atoms with E-state index in [9.17, 15) is 13.5 Å². The zero-order valence-electron chi connectivity index (χ0n) is 9.17. The van der Waals surface area contributed by atoms with E-state index in [1.165, 1.54) is 24.1 Å². The monoisotopic (exact) mass is 261 g/mol. The fourth-order valence-electron chi connectivity index (χ4n) is 1.33. The second kappa shape index (κ2) is 5.18. The summed E-state index contributed by atoms with van der Waals surface area (Å²) in [5.74, 6) is 0. The second-order valence-corrected chi connectivity index (χ2v) is 6.27. The molecule has 4 nitrogen and oxygen atoms in total. The molecule has 1 atom stereocenters. The lowest BCUT2D eigenvalue weighted by molar-refractivity contribution is 0.186. The normalized spacial score (nSPS) is 13.8. The first-order chi connectivity index (χ1) is 7.40. The first-order valence-corrected chi connectivity index (χ1v) is 7.78. The minimum Gasteiger partial charge on any atom is -0.387 e. The van der Waals surface area contributed by atoms with Gasteiger partial charge in [0.25, 0.3) is 0 Å². The van der Waals surface area contributed by atoms with Gasteiger partial charge < -0.3 is 10.8 Å². The summed E-state index contributed by atoms with van der Waals surface area (Å²) in [6.45, 7) is 0.117. The van der Waals surface area contributed by atoms with Gasteiger partial charge in [0.15, 0.2) is 9.84 Å². The van der Waals surface area contributed by atoms with E-state index >= 15 is 0 Å². The molecule has 1 aromatic carbocycles. The molecule has 0 aliphatic carbocycles. The Bertz CT molecular complexity index is 471. The third-order valence-electron chi connectivity index (χ3n) is 2.20. The van der Waals surface area contributed by atoms with Crippen LogP contribution in [0.15, 0.2) is 28.0 Å². The van der Waals surface area contributed by atoms with Crippen molar-refractivity contribution in [3.8, 4) is 0 Å². The standard InChI is InChI=1S/C10H15NO3S2/c1-15-9-5-7(8(12)6-11)3-4-10(9)16(2,13)14/h3-5,8,12H,6,11H2,1-2H3. The van der Waals surface area contributed by atoms with Gasteiger partial charge in [0.1, 0.15) is 0 Å². The first kappa shape index (κ1) is 13.5. The Balaban J connectivity index is 3.28. The van der Waals surface area contributed by atoms with E-state index in [2.05, 4.69) is 0 Å². The summed E-state index contributed by atoms with van der Waals surface area (Å²) in [5, 5.41) is 9.56. The lowest BCUT2D eigenvalue weighted by atomic mass is 10.1. The molecule has 6 heteroatoms. The van der Waals surface area contributed by atoms with Crippen molar-refractivity contribution in [3.05, 3.63) is 23.8 Å². The third kappa shape index (κ3) is 2.98. The van der Waals surface area contributed by atoms with E-state index in [1.807, 2.05) is 0 Å². The topological polar surface area (TPSA) is 80.4 Å². The molecule has 0 bridgehead atoms.